The summed E-state index contributed by atoms with van der Waals surface area (Å²) in [5, 5.41) is 0. The van der Waals surface area contributed by atoms with Crippen LogP contribution in [0.15, 0.2) is 0 Å². The number of hydrogen-bond acceptors (Lipinski definition) is 6. The minimum atomic E-state index is -0.761. The molecular weight excluding hydrogens is 721 g/mol. The molecule has 0 fully saturated rings. The van der Waals surface area contributed by atoms with Crippen LogP contribution >= 0.6 is 0 Å². The zero-order chi connectivity index (χ0) is 42.6. The van der Waals surface area contributed by atoms with Crippen LogP contribution in [0.25, 0.3) is 0 Å². The fourth-order valence-electron chi connectivity index (χ4n) is 7.78. The summed E-state index contributed by atoms with van der Waals surface area (Å²) in [5.74, 6) is 0.843. The van der Waals surface area contributed by atoms with Gasteiger partial charge in [-0.1, -0.05) is 247 Å². The molecule has 0 aliphatic rings. The van der Waals surface area contributed by atoms with E-state index in [1.807, 2.05) is 0 Å². The van der Waals surface area contributed by atoms with E-state index in [2.05, 4.69) is 34.6 Å². The van der Waals surface area contributed by atoms with Crippen molar-refractivity contribution in [2.45, 2.75) is 291 Å². The van der Waals surface area contributed by atoms with Crippen molar-refractivity contribution in [3.05, 3.63) is 0 Å². The molecule has 0 heterocycles. The predicted molar refractivity (Wildman–Crippen MR) is 247 cm³/mol. The van der Waals surface area contributed by atoms with E-state index >= 15 is 0 Å². The largest absolute Gasteiger partial charge is 0.462 e. The summed E-state index contributed by atoms with van der Waals surface area (Å²) in [5.41, 5.74) is 0. The zero-order valence-electron chi connectivity index (χ0n) is 39.7. The number of rotatable bonds is 46. The minimum absolute atomic E-state index is 0.0640. The van der Waals surface area contributed by atoms with Gasteiger partial charge in [0, 0.05) is 19.3 Å². The molecular formula is C52H100O6. The number of ether oxygens (including phenoxy) is 3. The Bertz CT molecular complexity index is 887. The van der Waals surface area contributed by atoms with Gasteiger partial charge in [-0.15, -0.1) is 0 Å². The lowest BCUT2D eigenvalue weighted by Crippen LogP contribution is -2.30. The Hall–Kier alpha value is -1.59. The number of carbonyl (C=O) groups is 3. The Morgan fingerprint density at radius 1 is 0.362 bits per heavy atom. The molecule has 0 spiro atoms. The van der Waals surface area contributed by atoms with Crippen LogP contribution < -0.4 is 0 Å². The normalized spacial score (nSPS) is 12.5. The van der Waals surface area contributed by atoms with Crippen LogP contribution in [0.1, 0.15) is 285 Å². The lowest BCUT2D eigenvalue weighted by Gasteiger charge is -2.18. The molecule has 0 aliphatic heterocycles. The van der Waals surface area contributed by atoms with E-state index in [4.69, 9.17) is 14.2 Å². The third-order valence-electron chi connectivity index (χ3n) is 12.1. The molecule has 0 radical (unpaired) electrons. The molecule has 6 heteroatoms. The summed E-state index contributed by atoms with van der Waals surface area (Å²) in [6.45, 7) is 11.4. The summed E-state index contributed by atoms with van der Waals surface area (Å²) in [6.07, 6.45) is 45.1. The van der Waals surface area contributed by atoms with E-state index < -0.39 is 6.10 Å². The van der Waals surface area contributed by atoms with Crippen molar-refractivity contribution in [1.82, 2.24) is 0 Å². The highest BCUT2D eigenvalue weighted by Crippen LogP contribution is 2.18. The molecule has 0 aromatic heterocycles. The van der Waals surface area contributed by atoms with Gasteiger partial charge in [-0.05, 0) is 31.1 Å². The van der Waals surface area contributed by atoms with E-state index in [1.165, 1.54) is 173 Å². The third kappa shape index (κ3) is 44.0. The Labute approximate surface area is 361 Å². The highest BCUT2D eigenvalue weighted by atomic mass is 16.6. The molecule has 0 aliphatic carbocycles. The lowest BCUT2D eigenvalue weighted by molar-refractivity contribution is -0.167. The van der Waals surface area contributed by atoms with Crippen LogP contribution in [0, 0.1) is 11.8 Å². The fraction of sp³-hybridized carbons (Fsp3) is 0.942. The van der Waals surface area contributed by atoms with Gasteiger partial charge in [-0.2, -0.15) is 0 Å². The Kier molecular flexibility index (Phi) is 43.7. The van der Waals surface area contributed by atoms with E-state index in [0.29, 0.717) is 19.3 Å². The van der Waals surface area contributed by atoms with Gasteiger partial charge in [0.2, 0.25) is 0 Å². The number of unbranched alkanes of at least 4 members (excludes halogenated alkanes) is 30. The van der Waals surface area contributed by atoms with Gasteiger partial charge >= 0.3 is 17.9 Å². The maximum Gasteiger partial charge on any atom is 0.306 e. The minimum Gasteiger partial charge on any atom is -0.462 e. The first-order valence-electron chi connectivity index (χ1n) is 25.8. The van der Waals surface area contributed by atoms with Crippen molar-refractivity contribution in [3.63, 3.8) is 0 Å². The van der Waals surface area contributed by atoms with Gasteiger partial charge in [0.05, 0.1) is 0 Å². The van der Waals surface area contributed by atoms with E-state index in [9.17, 15) is 14.4 Å². The summed E-state index contributed by atoms with van der Waals surface area (Å²) in [6, 6.07) is 0. The van der Waals surface area contributed by atoms with E-state index in [-0.39, 0.29) is 31.1 Å². The molecule has 0 bridgehead atoms. The topological polar surface area (TPSA) is 78.9 Å². The van der Waals surface area contributed by atoms with Gasteiger partial charge < -0.3 is 14.2 Å². The summed E-state index contributed by atoms with van der Waals surface area (Å²) >= 11 is 0. The number of esters is 3. The van der Waals surface area contributed by atoms with Crippen LogP contribution in [0.4, 0.5) is 0 Å². The molecule has 6 nitrogen and oxygen atoms in total. The highest BCUT2D eigenvalue weighted by molar-refractivity contribution is 5.71. The van der Waals surface area contributed by atoms with Crippen molar-refractivity contribution in [1.29, 1.82) is 0 Å². The average Bonchev–Trinajstić information content (AvgIpc) is 3.21. The quantitative estimate of drug-likeness (QED) is 0.0346. The molecule has 0 N–H and O–H groups in total. The van der Waals surface area contributed by atoms with Crippen molar-refractivity contribution < 1.29 is 28.6 Å². The molecule has 0 amide bonds. The SMILES string of the molecule is CCCCCCCCCCCCC(=O)OC[C@@H](COC(=O)CCCCCCCCCCCCCCCCCC(C)C)OC(=O)CCCCCCCCCCC(C)CC. The van der Waals surface area contributed by atoms with Crippen molar-refractivity contribution >= 4 is 17.9 Å². The summed E-state index contributed by atoms with van der Waals surface area (Å²) in [7, 11) is 0. The first-order chi connectivity index (χ1) is 28.3. The van der Waals surface area contributed by atoms with Gasteiger partial charge in [0.15, 0.2) is 6.10 Å². The second kappa shape index (κ2) is 44.9. The van der Waals surface area contributed by atoms with E-state index in [1.54, 1.807) is 0 Å². The van der Waals surface area contributed by atoms with Gasteiger partial charge in [0.25, 0.3) is 0 Å². The van der Waals surface area contributed by atoms with Crippen molar-refractivity contribution in [3.8, 4) is 0 Å². The summed E-state index contributed by atoms with van der Waals surface area (Å²) in [4.78, 5) is 37.9. The highest BCUT2D eigenvalue weighted by Gasteiger charge is 2.19. The number of carbonyl (C=O) groups excluding carboxylic acids is 3. The number of hydrogen-bond donors (Lipinski definition) is 0. The molecule has 0 aromatic carbocycles. The second-order valence-electron chi connectivity index (χ2n) is 18.5. The van der Waals surface area contributed by atoms with Gasteiger partial charge in [0.1, 0.15) is 13.2 Å². The molecule has 0 saturated heterocycles. The molecule has 1 unspecified atom stereocenters. The second-order valence-corrected chi connectivity index (χ2v) is 18.5. The molecule has 2 atom stereocenters. The predicted octanol–water partition coefficient (Wildman–Crippen LogP) is 16.5. The van der Waals surface area contributed by atoms with Gasteiger partial charge in [-0.3, -0.25) is 14.4 Å². The Morgan fingerprint density at radius 2 is 0.655 bits per heavy atom. The van der Waals surface area contributed by atoms with Crippen LogP contribution in [0.5, 0.6) is 0 Å². The molecule has 0 aromatic rings. The smallest absolute Gasteiger partial charge is 0.306 e. The first kappa shape index (κ1) is 56.4. The van der Waals surface area contributed by atoms with Crippen LogP contribution in [0.2, 0.25) is 0 Å². The van der Waals surface area contributed by atoms with Crippen LogP contribution in [-0.4, -0.2) is 37.2 Å². The van der Waals surface area contributed by atoms with Crippen LogP contribution in [0.3, 0.4) is 0 Å². The lowest BCUT2D eigenvalue weighted by atomic mass is 9.99. The maximum atomic E-state index is 12.8. The fourth-order valence-corrected chi connectivity index (χ4v) is 7.78. The molecule has 344 valence electrons. The Balaban J connectivity index is 4.26. The maximum absolute atomic E-state index is 12.8. The monoisotopic (exact) mass is 821 g/mol. The first-order valence-corrected chi connectivity index (χ1v) is 25.8. The standard InChI is InChI=1S/C52H100O6/c1-6-8-9-10-11-12-21-27-32-37-42-50(53)56-45-49(58-52(55)44-39-34-29-24-23-26-31-36-41-48(5)7-2)46-57-51(54)43-38-33-28-22-19-17-15-13-14-16-18-20-25-30-35-40-47(3)4/h47-49H,6-46H2,1-5H3/t48?,49-/m0/s1. The van der Waals surface area contributed by atoms with Crippen molar-refractivity contribution in [2.24, 2.45) is 11.8 Å². The zero-order valence-corrected chi connectivity index (χ0v) is 39.7. The average molecular weight is 821 g/mol. The van der Waals surface area contributed by atoms with E-state index in [0.717, 1.165) is 69.6 Å². The van der Waals surface area contributed by atoms with Crippen molar-refractivity contribution in [2.75, 3.05) is 13.2 Å². The van der Waals surface area contributed by atoms with Crippen LogP contribution in [-0.2, 0) is 28.6 Å². The van der Waals surface area contributed by atoms with Gasteiger partial charge in [-0.25, -0.2) is 0 Å². The molecule has 0 rings (SSSR count). The third-order valence-corrected chi connectivity index (χ3v) is 12.1. The molecule has 0 saturated carbocycles. The molecule has 58 heavy (non-hydrogen) atoms. The summed E-state index contributed by atoms with van der Waals surface area (Å²) < 4.78 is 16.8. The Morgan fingerprint density at radius 3 is 0.983 bits per heavy atom.